The van der Waals surface area contributed by atoms with E-state index >= 15 is 0 Å². The maximum Gasteiger partial charge on any atom is 0.254 e. The molecule has 0 bridgehead atoms. The van der Waals surface area contributed by atoms with Gasteiger partial charge < -0.3 is 20.5 Å². The Bertz CT molecular complexity index is 447. The summed E-state index contributed by atoms with van der Waals surface area (Å²) in [5, 5.41) is 8.91. The second kappa shape index (κ2) is 7.75. The number of anilines is 1. The summed E-state index contributed by atoms with van der Waals surface area (Å²) in [6.07, 6.45) is 0.566. The zero-order valence-electron chi connectivity index (χ0n) is 12.4. The van der Waals surface area contributed by atoms with Gasteiger partial charge in [0, 0.05) is 24.8 Å². The molecular formula is C15H24N2O3. The maximum absolute atomic E-state index is 12.5. The molecule has 0 aliphatic carbocycles. The van der Waals surface area contributed by atoms with Crippen molar-refractivity contribution < 1.29 is 14.6 Å². The molecule has 0 unspecified atom stereocenters. The van der Waals surface area contributed by atoms with Crippen LogP contribution in [0.4, 0.5) is 5.69 Å². The van der Waals surface area contributed by atoms with Gasteiger partial charge in [-0.05, 0) is 45.4 Å². The molecule has 0 spiro atoms. The van der Waals surface area contributed by atoms with Crippen LogP contribution in [0.25, 0.3) is 0 Å². The third kappa shape index (κ3) is 4.13. The summed E-state index contributed by atoms with van der Waals surface area (Å²) in [5.41, 5.74) is 6.89. The van der Waals surface area contributed by atoms with Crippen molar-refractivity contribution in [1.82, 2.24) is 4.90 Å². The first-order valence-electron chi connectivity index (χ1n) is 6.95. The Kier molecular flexibility index (Phi) is 6.31. The smallest absolute Gasteiger partial charge is 0.254 e. The van der Waals surface area contributed by atoms with Gasteiger partial charge in [0.15, 0.2) is 0 Å². The molecule has 0 fully saturated rings. The van der Waals surface area contributed by atoms with Gasteiger partial charge in [-0.3, -0.25) is 4.79 Å². The molecule has 0 saturated carbocycles. The van der Waals surface area contributed by atoms with Crippen LogP contribution >= 0.6 is 0 Å². The van der Waals surface area contributed by atoms with E-state index in [9.17, 15) is 4.79 Å². The van der Waals surface area contributed by atoms with Crippen molar-refractivity contribution in [2.24, 2.45) is 0 Å². The molecule has 1 rings (SSSR count). The highest BCUT2D eigenvalue weighted by atomic mass is 16.5. The number of amides is 1. The van der Waals surface area contributed by atoms with Crippen LogP contribution in [0.1, 0.15) is 37.6 Å². The van der Waals surface area contributed by atoms with E-state index < -0.39 is 0 Å². The van der Waals surface area contributed by atoms with E-state index in [1.54, 1.807) is 23.1 Å². The molecule has 0 aliphatic rings. The highest BCUT2D eigenvalue weighted by molar-refractivity contribution is 5.95. The van der Waals surface area contributed by atoms with Crippen molar-refractivity contribution in [3.05, 3.63) is 23.8 Å². The van der Waals surface area contributed by atoms with Gasteiger partial charge in [-0.15, -0.1) is 0 Å². The zero-order valence-corrected chi connectivity index (χ0v) is 12.4. The summed E-state index contributed by atoms with van der Waals surface area (Å²) in [7, 11) is 0. The number of nitrogens with two attached hydrogens (primary N) is 1. The lowest BCUT2D eigenvalue weighted by molar-refractivity contribution is 0.0693. The number of hydrogen-bond acceptors (Lipinski definition) is 4. The van der Waals surface area contributed by atoms with E-state index in [0.717, 1.165) is 0 Å². The number of aliphatic hydroxyl groups excluding tert-OH is 1. The van der Waals surface area contributed by atoms with E-state index in [1.165, 1.54) is 0 Å². The first-order valence-corrected chi connectivity index (χ1v) is 6.95. The van der Waals surface area contributed by atoms with Crippen molar-refractivity contribution in [3.63, 3.8) is 0 Å². The summed E-state index contributed by atoms with van der Waals surface area (Å²) in [6, 6.07) is 5.15. The van der Waals surface area contributed by atoms with Gasteiger partial charge in [0.25, 0.3) is 5.91 Å². The minimum Gasteiger partial charge on any atom is -0.492 e. The third-order valence-corrected chi connectivity index (χ3v) is 3.00. The lowest BCUT2D eigenvalue weighted by atomic mass is 10.1. The van der Waals surface area contributed by atoms with Crippen molar-refractivity contribution >= 4 is 11.6 Å². The second-order valence-corrected chi connectivity index (χ2v) is 4.86. The number of hydrogen-bond donors (Lipinski definition) is 2. The molecule has 0 radical (unpaired) electrons. The quantitative estimate of drug-likeness (QED) is 0.748. The minimum absolute atomic E-state index is 0.0712. The van der Waals surface area contributed by atoms with Crippen LogP contribution in [0.5, 0.6) is 5.75 Å². The van der Waals surface area contributed by atoms with Gasteiger partial charge in [-0.1, -0.05) is 0 Å². The summed E-state index contributed by atoms with van der Waals surface area (Å²) in [6.45, 7) is 6.92. The molecule has 0 aliphatic heterocycles. The average molecular weight is 280 g/mol. The lowest BCUT2D eigenvalue weighted by Gasteiger charge is -2.26. The number of benzene rings is 1. The molecule has 20 heavy (non-hydrogen) atoms. The second-order valence-electron chi connectivity index (χ2n) is 4.86. The van der Waals surface area contributed by atoms with Crippen molar-refractivity contribution in [1.29, 1.82) is 0 Å². The summed E-state index contributed by atoms with van der Waals surface area (Å²) >= 11 is 0. The third-order valence-electron chi connectivity index (χ3n) is 3.00. The zero-order chi connectivity index (χ0) is 15.1. The van der Waals surface area contributed by atoms with Crippen molar-refractivity contribution in [3.8, 4) is 5.75 Å². The Labute approximate surface area is 120 Å². The van der Waals surface area contributed by atoms with Crippen molar-refractivity contribution in [2.45, 2.75) is 33.2 Å². The molecule has 0 heterocycles. The molecule has 0 atom stereocenters. The van der Waals surface area contributed by atoms with Crippen LogP contribution < -0.4 is 10.5 Å². The average Bonchev–Trinajstić information content (AvgIpc) is 2.41. The Balaban J connectivity index is 2.91. The molecule has 1 aromatic rings. The molecule has 1 aromatic carbocycles. The van der Waals surface area contributed by atoms with E-state index in [4.69, 9.17) is 15.6 Å². The monoisotopic (exact) mass is 280 g/mol. The van der Waals surface area contributed by atoms with Crippen LogP contribution in [0.15, 0.2) is 18.2 Å². The highest BCUT2D eigenvalue weighted by Gasteiger charge is 2.19. The maximum atomic E-state index is 12.5. The van der Waals surface area contributed by atoms with E-state index in [2.05, 4.69) is 0 Å². The minimum atomic E-state index is -0.0804. The van der Waals surface area contributed by atoms with Crippen LogP contribution in [0.3, 0.4) is 0 Å². The predicted octanol–water partition coefficient (Wildman–Crippen LogP) is 1.90. The molecule has 5 nitrogen and oxygen atoms in total. The molecule has 1 amide bonds. The Morgan fingerprint density at radius 3 is 2.65 bits per heavy atom. The van der Waals surface area contributed by atoms with Crippen LogP contribution in [0, 0.1) is 0 Å². The largest absolute Gasteiger partial charge is 0.492 e. The van der Waals surface area contributed by atoms with Gasteiger partial charge in [0.2, 0.25) is 0 Å². The lowest BCUT2D eigenvalue weighted by Crippen LogP contribution is -2.38. The van der Waals surface area contributed by atoms with Gasteiger partial charge in [-0.2, -0.15) is 0 Å². The Morgan fingerprint density at radius 2 is 2.15 bits per heavy atom. The van der Waals surface area contributed by atoms with Gasteiger partial charge >= 0.3 is 0 Å². The standard InChI is InChI=1S/C15H24N2O3/c1-4-20-14-7-6-12(10-13(14)16)15(19)17(11(2)3)8-5-9-18/h6-7,10-11,18H,4-5,8-9,16H2,1-3H3. The molecular weight excluding hydrogens is 256 g/mol. The summed E-state index contributed by atoms with van der Waals surface area (Å²) in [5.74, 6) is 0.513. The van der Waals surface area contributed by atoms with Crippen molar-refractivity contribution in [2.75, 3.05) is 25.5 Å². The normalized spacial score (nSPS) is 10.7. The topological polar surface area (TPSA) is 75.8 Å². The fourth-order valence-electron chi connectivity index (χ4n) is 1.97. The van der Waals surface area contributed by atoms with E-state index in [0.29, 0.717) is 36.6 Å². The molecule has 3 N–H and O–H groups in total. The number of rotatable bonds is 7. The number of carbonyl (C=O) groups excluding carboxylic acids is 1. The van der Waals surface area contributed by atoms with Gasteiger partial charge in [0.1, 0.15) is 5.75 Å². The molecule has 5 heteroatoms. The SMILES string of the molecule is CCOc1ccc(C(=O)N(CCCO)C(C)C)cc1N. The van der Waals surface area contributed by atoms with Gasteiger partial charge in [0.05, 0.1) is 12.3 Å². The Hall–Kier alpha value is -1.75. The fraction of sp³-hybridized carbons (Fsp3) is 0.533. The van der Waals surface area contributed by atoms with Crippen LogP contribution in [-0.2, 0) is 0 Å². The van der Waals surface area contributed by atoms with Crippen LogP contribution in [0.2, 0.25) is 0 Å². The molecule has 0 saturated heterocycles. The predicted molar refractivity (Wildman–Crippen MR) is 79.9 cm³/mol. The van der Waals surface area contributed by atoms with E-state index in [1.807, 2.05) is 20.8 Å². The Morgan fingerprint density at radius 1 is 1.45 bits per heavy atom. The number of aliphatic hydroxyl groups is 1. The first kappa shape index (κ1) is 16.3. The van der Waals surface area contributed by atoms with E-state index in [-0.39, 0.29) is 18.6 Å². The molecule has 0 aromatic heterocycles. The van der Waals surface area contributed by atoms with Crippen LogP contribution in [-0.4, -0.2) is 41.7 Å². The number of nitrogen functional groups attached to an aromatic ring is 1. The highest BCUT2D eigenvalue weighted by Crippen LogP contribution is 2.23. The number of nitrogens with zero attached hydrogens (tertiary/aromatic N) is 1. The number of ether oxygens (including phenoxy) is 1. The fourth-order valence-corrected chi connectivity index (χ4v) is 1.97. The summed E-state index contributed by atoms with van der Waals surface area (Å²) in [4.78, 5) is 14.2. The van der Waals surface area contributed by atoms with Gasteiger partial charge in [-0.25, -0.2) is 0 Å². The summed E-state index contributed by atoms with van der Waals surface area (Å²) < 4.78 is 5.36. The molecule has 112 valence electrons. The number of carbonyl (C=O) groups is 1. The first-order chi connectivity index (χ1) is 9.51.